The van der Waals surface area contributed by atoms with Crippen molar-refractivity contribution in [3.05, 3.63) is 77.7 Å². The number of nitrogens with zero attached hydrogens (tertiary/aromatic N) is 2. The Morgan fingerprint density at radius 1 is 1.13 bits per heavy atom. The molecule has 0 fully saturated rings. The summed E-state index contributed by atoms with van der Waals surface area (Å²) in [5.74, 6) is -0.359. The first-order chi connectivity index (χ1) is 15.0. The van der Waals surface area contributed by atoms with Gasteiger partial charge in [0.1, 0.15) is 18.9 Å². The highest BCUT2D eigenvalue weighted by molar-refractivity contribution is 7.98. The molecule has 0 bridgehead atoms. The first kappa shape index (κ1) is 22.7. The van der Waals surface area contributed by atoms with Crippen molar-refractivity contribution < 1.29 is 19.1 Å². The van der Waals surface area contributed by atoms with E-state index in [1.807, 2.05) is 18.3 Å². The maximum atomic E-state index is 11.6. The molecule has 0 N–H and O–H groups in total. The molecule has 0 aromatic heterocycles. The van der Waals surface area contributed by atoms with Crippen molar-refractivity contribution in [1.82, 2.24) is 4.90 Å². The third kappa shape index (κ3) is 5.61. The fourth-order valence-electron chi connectivity index (χ4n) is 3.30. The Balaban J connectivity index is 1.82. The molecule has 0 amide bonds. The van der Waals surface area contributed by atoms with Gasteiger partial charge < -0.3 is 19.2 Å². The molecule has 3 rings (SSSR count). The monoisotopic (exact) mass is 440 g/mol. The minimum atomic E-state index is -0.407. The summed E-state index contributed by atoms with van der Waals surface area (Å²) in [5, 5.41) is 4.57. The van der Waals surface area contributed by atoms with E-state index in [4.69, 9.17) is 14.3 Å². The quantitative estimate of drug-likeness (QED) is 0.257. The highest BCUT2D eigenvalue weighted by Gasteiger charge is 2.33. The van der Waals surface area contributed by atoms with Crippen LogP contribution in [0.5, 0.6) is 0 Å². The van der Waals surface area contributed by atoms with Gasteiger partial charge in [0.15, 0.2) is 0 Å². The number of hydrogen-bond donors (Lipinski definition) is 0. The summed E-state index contributed by atoms with van der Waals surface area (Å²) in [5.41, 5.74) is 2.85. The van der Waals surface area contributed by atoms with Crippen LogP contribution < -0.4 is 0 Å². The second kappa shape index (κ2) is 10.4. The van der Waals surface area contributed by atoms with Crippen LogP contribution in [0.3, 0.4) is 0 Å². The molecule has 0 atom stereocenters. The van der Waals surface area contributed by atoms with Crippen LogP contribution in [0.1, 0.15) is 35.3 Å². The molecule has 0 saturated heterocycles. The summed E-state index contributed by atoms with van der Waals surface area (Å²) in [4.78, 5) is 20.8. The number of carbonyl (C=O) groups is 1. The highest BCUT2D eigenvalue weighted by atomic mass is 32.2. The number of rotatable bonds is 8. The number of carbonyl (C=O) groups excluding carboxylic acids is 1. The zero-order valence-electron chi connectivity index (χ0n) is 18.3. The largest absolute Gasteiger partial charge is 0.498 e. The molecule has 1 aliphatic rings. The number of hydrogen-bond acceptors (Lipinski definition) is 7. The van der Waals surface area contributed by atoms with Gasteiger partial charge in [-0.25, -0.2) is 4.79 Å². The van der Waals surface area contributed by atoms with Crippen LogP contribution in [-0.2, 0) is 20.9 Å². The Morgan fingerprint density at radius 3 is 2.39 bits per heavy atom. The van der Waals surface area contributed by atoms with Crippen LogP contribution in [0, 0.1) is 0 Å². The van der Waals surface area contributed by atoms with E-state index < -0.39 is 5.54 Å². The van der Waals surface area contributed by atoms with E-state index in [0.717, 1.165) is 23.4 Å². The normalized spacial score (nSPS) is 14.2. The summed E-state index contributed by atoms with van der Waals surface area (Å²) in [6.07, 6.45) is 5.71. The van der Waals surface area contributed by atoms with E-state index in [9.17, 15) is 4.79 Å². The molecule has 2 aromatic carbocycles. The van der Waals surface area contributed by atoms with Gasteiger partial charge in [-0.3, -0.25) is 0 Å². The van der Waals surface area contributed by atoms with Crippen molar-refractivity contribution in [3.63, 3.8) is 0 Å². The van der Waals surface area contributed by atoms with Gasteiger partial charge in [0.05, 0.1) is 31.0 Å². The number of methoxy groups -OCH3 is 1. The third-order valence-corrected chi connectivity index (χ3v) is 5.95. The molecular weight excluding hydrogens is 412 g/mol. The van der Waals surface area contributed by atoms with Crippen molar-refractivity contribution in [2.45, 2.75) is 30.9 Å². The van der Waals surface area contributed by atoms with E-state index in [1.54, 1.807) is 30.2 Å². The van der Waals surface area contributed by atoms with Crippen molar-refractivity contribution >= 4 is 23.4 Å². The fourth-order valence-corrected chi connectivity index (χ4v) is 3.71. The molecule has 0 saturated carbocycles. The summed E-state index contributed by atoms with van der Waals surface area (Å²) in [6, 6.07) is 15.4. The Kier molecular flexibility index (Phi) is 7.63. The van der Waals surface area contributed by atoms with Crippen LogP contribution in [0.2, 0.25) is 0 Å². The summed E-state index contributed by atoms with van der Waals surface area (Å²) < 4.78 is 10.1. The highest BCUT2D eigenvalue weighted by Crippen LogP contribution is 2.25. The molecule has 0 spiro atoms. The zero-order chi connectivity index (χ0) is 22.3. The van der Waals surface area contributed by atoms with Gasteiger partial charge in [-0.2, -0.15) is 0 Å². The summed E-state index contributed by atoms with van der Waals surface area (Å²) in [7, 11) is 1.37. The van der Waals surface area contributed by atoms with Crippen molar-refractivity contribution in [3.8, 4) is 0 Å². The van der Waals surface area contributed by atoms with Crippen LogP contribution in [0.4, 0.5) is 0 Å². The predicted octanol–water partition coefficient (Wildman–Crippen LogP) is 4.70. The molecule has 164 valence electrons. The fraction of sp³-hybridized carbons (Fsp3) is 0.333. The Hall–Kier alpha value is -2.93. The summed E-state index contributed by atoms with van der Waals surface area (Å²) in [6.45, 7) is 5.94. The first-order valence-electron chi connectivity index (χ1n) is 10.0. The van der Waals surface area contributed by atoms with Crippen LogP contribution in [0.25, 0.3) is 0 Å². The average Bonchev–Trinajstić information content (AvgIpc) is 2.82. The molecule has 0 aliphatic carbocycles. The number of ether oxygens (including phenoxy) is 2. The predicted molar refractivity (Wildman–Crippen MR) is 123 cm³/mol. The van der Waals surface area contributed by atoms with Gasteiger partial charge in [0, 0.05) is 16.7 Å². The number of benzene rings is 2. The van der Waals surface area contributed by atoms with Crippen LogP contribution >= 0.6 is 11.8 Å². The lowest BCUT2D eigenvalue weighted by Gasteiger charge is -2.39. The second-order valence-corrected chi connectivity index (χ2v) is 8.42. The van der Waals surface area contributed by atoms with Gasteiger partial charge in [-0.05, 0) is 49.9 Å². The molecule has 0 unspecified atom stereocenters. The standard InChI is InChI=1S/C24H28N2O4S/c1-24(2,26-13-15-29-16-14-26)22(19-9-11-21(31-4)12-10-19)25-30-17-18-5-7-20(8-6-18)23(27)28-3/h5-13,15H,14,16-17H2,1-4H3. The molecular formula is C24H28N2O4S. The maximum Gasteiger partial charge on any atom is 0.337 e. The minimum Gasteiger partial charge on any atom is -0.498 e. The maximum absolute atomic E-state index is 11.6. The number of esters is 1. The second-order valence-electron chi connectivity index (χ2n) is 7.54. The number of oxime groups is 1. The molecule has 1 aliphatic heterocycles. The molecule has 2 aromatic rings. The Labute approximate surface area is 187 Å². The van der Waals surface area contributed by atoms with E-state index >= 15 is 0 Å². The van der Waals surface area contributed by atoms with Crippen LogP contribution in [-0.4, -0.2) is 48.6 Å². The Morgan fingerprint density at radius 2 is 1.81 bits per heavy atom. The van der Waals surface area contributed by atoms with Gasteiger partial charge in [0.2, 0.25) is 0 Å². The SMILES string of the molecule is COC(=O)c1ccc(CON=C(c2ccc(SC)cc2)C(C)(C)N2C=COCC2)cc1. The van der Waals surface area contributed by atoms with E-state index in [-0.39, 0.29) is 5.97 Å². The number of thioether (sulfide) groups is 1. The van der Waals surface area contributed by atoms with Gasteiger partial charge in [0.25, 0.3) is 0 Å². The Bertz CT molecular complexity index is 937. The lowest BCUT2D eigenvalue weighted by Crippen LogP contribution is -2.49. The lowest BCUT2D eigenvalue weighted by molar-refractivity contribution is 0.0600. The molecule has 31 heavy (non-hydrogen) atoms. The molecule has 6 nitrogen and oxygen atoms in total. The summed E-state index contributed by atoms with van der Waals surface area (Å²) >= 11 is 1.70. The van der Waals surface area contributed by atoms with E-state index in [1.165, 1.54) is 12.0 Å². The minimum absolute atomic E-state index is 0.295. The lowest BCUT2D eigenvalue weighted by atomic mass is 9.90. The van der Waals surface area contributed by atoms with Gasteiger partial charge >= 0.3 is 5.97 Å². The molecule has 1 heterocycles. The van der Waals surface area contributed by atoms with Gasteiger partial charge in [-0.15, -0.1) is 11.8 Å². The first-order valence-corrected chi connectivity index (χ1v) is 11.3. The zero-order valence-corrected chi connectivity index (χ0v) is 19.1. The van der Waals surface area contributed by atoms with Gasteiger partial charge in [-0.1, -0.05) is 29.4 Å². The topological polar surface area (TPSA) is 60.4 Å². The van der Waals surface area contributed by atoms with Crippen molar-refractivity contribution in [2.75, 3.05) is 26.5 Å². The van der Waals surface area contributed by atoms with E-state index in [2.05, 4.69) is 54.4 Å². The van der Waals surface area contributed by atoms with Crippen LogP contribution in [0.15, 0.2) is 71.0 Å². The molecule has 7 heteroatoms. The van der Waals surface area contributed by atoms with E-state index in [0.29, 0.717) is 18.8 Å². The third-order valence-electron chi connectivity index (χ3n) is 5.21. The smallest absolute Gasteiger partial charge is 0.337 e. The average molecular weight is 441 g/mol. The van der Waals surface area contributed by atoms with Crippen molar-refractivity contribution in [1.29, 1.82) is 0 Å². The van der Waals surface area contributed by atoms with Crippen molar-refractivity contribution in [2.24, 2.45) is 5.16 Å². The molecule has 0 radical (unpaired) electrons.